The summed E-state index contributed by atoms with van der Waals surface area (Å²) in [6.07, 6.45) is 6.07. The van der Waals surface area contributed by atoms with Crippen molar-refractivity contribution in [2.45, 2.75) is 26.1 Å². The molecule has 4 aromatic rings. The molecule has 5 rings (SSSR count). The van der Waals surface area contributed by atoms with E-state index < -0.39 is 0 Å². The van der Waals surface area contributed by atoms with Gasteiger partial charge >= 0.3 is 0 Å². The number of fused-ring (bicyclic) bond motifs is 2. The van der Waals surface area contributed by atoms with Gasteiger partial charge in [-0.25, -0.2) is 4.52 Å². The van der Waals surface area contributed by atoms with Crippen LogP contribution in [0.1, 0.15) is 30.0 Å². The van der Waals surface area contributed by atoms with Gasteiger partial charge in [-0.3, -0.25) is 14.5 Å². The molecule has 164 valence electrons. The number of nitrogens with zero attached hydrogens (tertiary/aromatic N) is 7. The number of hydrogen-bond donors (Lipinski definition) is 0. The summed E-state index contributed by atoms with van der Waals surface area (Å²) in [7, 11) is 0. The first-order valence-electron chi connectivity index (χ1n) is 10.5. The van der Waals surface area contributed by atoms with Crippen molar-refractivity contribution in [1.29, 1.82) is 5.26 Å². The van der Waals surface area contributed by atoms with Crippen LogP contribution in [0.25, 0.3) is 16.8 Å². The Hall–Kier alpha value is -4.45. The summed E-state index contributed by atoms with van der Waals surface area (Å²) >= 11 is 0. The van der Waals surface area contributed by atoms with Crippen molar-refractivity contribution < 1.29 is 9.53 Å². The van der Waals surface area contributed by atoms with Crippen LogP contribution >= 0.6 is 0 Å². The average molecular weight is 439 g/mol. The highest BCUT2D eigenvalue weighted by atomic mass is 16.5. The van der Waals surface area contributed by atoms with Gasteiger partial charge in [-0.15, -0.1) is 0 Å². The standard InChI is InChI=1S/C24H21N7O2/c1-3-23(32)29-8-9-30-19(15-29)11-21(28-30)17-10-22(24-18(12-25)13-27-31(24)14-17)33-16(2)20-6-4-5-7-26-20/h3-7,10-11,13-14,16H,1,8-9,15H2,2H3/t16-/m1/s1. The van der Waals surface area contributed by atoms with E-state index >= 15 is 0 Å². The van der Waals surface area contributed by atoms with Gasteiger partial charge in [0.2, 0.25) is 5.91 Å². The quantitative estimate of drug-likeness (QED) is 0.443. The van der Waals surface area contributed by atoms with Crippen molar-refractivity contribution in [2.24, 2.45) is 0 Å². The molecule has 0 bridgehead atoms. The zero-order valence-corrected chi connectivity index (χ0v) is 18.0. The van der Waals surface area contributed by atoms with E-state index in [1.807, 2.05) is 48.1 Å². The largest absolute Gasteiger partial charge is 0.482 e. The fourth-order valence-electron chi connectivity index (χ4n) is 3.99. The fraction of sp³-hybridized carbons (Fsp3) is 0.208. The molecule has 33 heavy (non-hydrogen) atoms. The third-order valence-corrected chi connectivity index (χ3v) is 5.69. The molecule has 5 heterocycles. The molecule has 0 unspecified atom stereocenters. The first-order valence-corrected chi connectivity index (χ1v) is 10.5. The van der Waals surface area contributed by atoms with Crippen molar-refractivity contribution in [1.82, 2.24) is 29.3 Å². The molecule has 0 N–H and O–H groups in total. The fourth-order valence-corrected chi connectivity index (χ4v) is 3.99. The van der Waals surface area contributed by atoms with Gasteiger partial charge in [0.1, 0.15) is 29.0 Å². The van der Waals surface area contributed by atoms with Gasteiger partial charge in [0, 0.05) is 24.5 Å². The van der Waals surface area contributed by atoms with Crippen LogP contribution in [-0.2, 0) is 17.9 Å². The van der Waals surface area contributed by atoms with Gasteiger partial charge in [-0.05, 0) is 37.3 Å². The van der Waals surface area contributed by atoms with Gasteiger partial charge in [0.25, 0.3) is 0 Å². The maximum atomic E-state index is 12.0. The lowest BCUT2D eigenvalue weighted by Crippen LogP contribution is -2.37. The van der Waals surface area contributed by atoms with E-state index in [1.54, 1.807) is 15.6 Å². The van der Waals surface area contributed by atoms with Crippen molar-refractivity contribution in [3.63, 3.8) is 0 Å². The van der Waals surface area contributed by atoms with E-state index in [2.05, 4.69) is 22.7 Å². The number of hydrogen-bond acceptors (Lipinski definition) is 6. The highest BCUT2D eigenvalue weighted by Crippen LogP contribution is 2.33. The average Bonchev–Trinajstić information content (AvgIpc) is 3.47. The third-order valence-electron chi connectivity index (χ3n) is 5.69. The first kappa shape index (κ1) is 20.5. The van der Waals surface area contributed by atoms with E-state index in [0.29, 0.717) is 36.5 Å². The Bertz CT molecular complexity index is 1400. The summed E-state index contributed by atoms with van der Waals surface area (Å²) < 4.78 is 9.82. The summed E-state index contributed by atoms with van der Waals surface area (Å²) in [4.78, 5) is 18.1. The van der Waals surface area contributed by atoms with E-state index in [-0.39, 0.29) is 12.0 Å². The number of nitriles is 1. The highest BCUT2D eigenvalue weighted by Gasteiger charge is 2.23. The number of amides is 1. The predicted molar refractivity (Wildman–Crippen MR) is 120 cm³/mol. The van der Waals surface area contributed by atoms with Crippen LogP contribution in [0.3, 0.4) is 0 Å². The maximum absolute atomic E-state index is 12.0. The second-order valence-electron chi connectivity index (χ2n) is 7.78. The Morgan fingerprint density at radius 1 is 1.33 bits per heavy atom. The zero-order chi connectivity index (χ0) is 22.9. The van der Waals surface area contributed by atoms with Crippen molar-refractivity contribution in [3.8, 4) is 23.1 Å². The van der Waals surface area contributed by atoms with Gasteiger partial charge in [-0.1, -0.05) is 12.6 Å². The Morgan fingerprint density at radius 2 is 2.21 bits per heavy atom. The van der Waals surface area contributed by atoms with Gasteiger partial charge in [-0.2, -0.15) is 15.5 Å². The zero-order valence-electron chi connectivity index (χ0n) is 18.0. The van der Waals surface area contributed by atoms with E-state index in [9.17, 15) is 10.1 Å². The summed E-state index contributed by atoms with van der Waals surface area (Å²) in [5.74, 6) is 0.430. The SMILES string of the molecule is C=CC(=O)N1CCn2nc(-c3cc(O[C@H](C)c4ccccn4)c4c(C#N)cnn4c3)cc2C1. The molecule has 0 aromatic carbocycles. The maximum Gasteiger partial charge on any atom is 0.246 e. The Labute approximate surface area is 190 Å². The summed E-state index contributed by atoms with van der Waals surface area (Å²) in [6, 6.07) is 11.7. The smallest absolute Gasteiger partial charge is 0.246 e. The van der Waals surface area contributed by atoms with Crippen LogP contribution in [0.5, 0.6) is 5.75 Å². The molecular formula is C24H21N7O2. The molecule has 0 fully saturated rings. The number of carbonyl (C=O) groups is 1. The van der Waals surface area contributed by atoms with Gasteiger partial charge < -0.3 is 9.64 Å². The van der Waals surface area contributed by atoms with E-state index in [1.165, 1.54) is 12.3 Å². The van der Waals surface area contributed by atoms with Crippen LogP contribution in [0, 0.1) is 11.3 Å². The molecule has 1 atom stereocenters. The van der Waals surface area contributed by atoms with E-state index in [0.717, 1.165) is 22.6 Å². The second kappa shape index (κ2) is 8.24. The molecule has 1 amide bonds. The molecule has 0 radical (unpaired) electrons. The number of rotatable bonds is 5. The molecule has 4 aromatic heterocycles. The summed E-state index contributed by atoms with van der Waals surface area (Å²) in [5.41, 5.74) is 4.27. The van der Waals surface area contributed by atoms with Crippen LogP contribution in [0.15, 0.2) is 61.6 Å². The number of ether oxygens (including phenoxy) is 1. The lowest BCUT2D eigenvalue weighted by molar-refractivity contribution is -0.127. The third kappa shape index (κ3) is 3.72. The minimum absolute atomic E-state index is 0.0924. The molecule has 0 aliphatic carbocycles. The normalized spacial score (nSPS) is 13.9. The monoisotopic (exact) mass is 439 g/mol. The molecule has 1 aliphatic rings. The van der Waals surface area contributed by atoms with Crippen molar-refractivity contribution >= 4 is 11.4 Å². The second-order valence-corrected chi connectivity index (χ2v) is 7.78. The predicted octanol–water partition coefficient (Wildman–Crippen LogP) is 3.13. The molecule has 1 aliphatic heterocycles. The summed E-state index contributed by atoms with van der Waals surface area (Å²) in [5, 5.41) is 18.6. The topological polar surface area (TPSA) is 101 Å². The minimum Gasteiger partial charge on any atom is -0.482 e. The first-order chi connectivity index (χ1) is 16.1. The lowest BCUT2D eigenvalue weighted by atomic mass is 10.1. The minimum atomic E-state index is -0.333. The summed E-state index contributed by atoms with van der Waals surface area (Å²) in [6.45, 7) is 7.15. The van der Waals surface area contributed by atoms with Crippen LogP contribution < -0.4 is 4.74 Å². The number of carbonyl (C=O) groups excluding carboxylic acids is 1. The molecule has 9 nitrogen and oxygen atoms in total. The Kier molecular flexibility index (Phi) is 5.11. The molecule has 0 saturated heterocycles. The Morgan fingerprint density at radius 3 is 2.97 bits per heavy atom. The Balaban J connectivity index is 1.54. The molecule has 0 saturated carbocycles. The molecular weight excluding hydrogens is 418 g/mol. The lowest BCUT2D eigenvalue weighted by Gasteiger charge is -2.26. The van der Waals surface area contributed by atoms with Crippen LogP contribution in [0.2, 0.25) is 0 Å². The van der Waals surface area contributed by atoms with Gasteiger partial charge in [0.05, 0.1) is 36.4 Å². The molecule has 9 heteroatoms. The van der Waals surface area contributed by atoms with E-state index in [4.69, 9.17) is 9.84 Å². The highest BCUT2D eigenvalue weighted by molar-refractivity contribution is 5.87. The number of aromatic nitrogens is 5. The van der Waals surface area contributed by atoms with Crippen LogP contribution in [0.4, 0.5) is 0 Å². The van der Waals surface area contributed by atoms with Gasteiger partial charge in [0.15, 0.2) is 0 Å². The van der Waals surface area contributed by atoms with Crippen LogP contribution in [-0.4, -0.2) is 41.7 Å². The molecule has 0 spiro atoms. The van der Waals surface area contributed by atoms with Crippen molar-refractivity contribution in [3.05, 3.63) is 78.5 Å². The van der Waals surface area contributed by atoms with Crippen molar-refractivity contribution in [2.75, 3.05) is 6.54 Å². The number of pyridine rings is 2.